The van der Waals surface area contributed by atoms with Crippen LogP contribution in [0.4, 0.5) is 5.69 Å². The number of ketones is 1. The number of hydrogen-bond donors (Lipinski definition) is 1. The number of nitrogens with zero attached hydrogens (tertiary/aromatic N) is 3. The molecule has 1 amide bonds. The molecule has 0 spiro atoms. The van der Waals surface area contributed by atoms with Gasteiger partial charge in [-0.2, -0.15) is 5.26 Å². The van der Waals surface area contributed by atoms with Crippen LogP contribution in [-0.4, -0.2) is 39.8 Å². The van der Waals surface area contributed by atoms with Crippen molar-refractivity contribution in [2.75, 3.05) is 10.8 Å². The Labute approximate surface area is 130 Å². The number of amides is 1. The Morgan fingerprint density at radius 2 is 2.19 bits per heavy atom. The van der Waals surface area contributed by atoms with Crippen LogP contribution in [0.1, 0.15) is 11.1 Å². The summed E-state index contributed by atoms with van der Waals surface area (Å²) in [5, 5.41) is 19.0. The third-order valence-corrected chi connectivity index (χ3v) is 5.18. The van der Waals surface area contributed by atoms with Gasteiger partial charge in [0.05, 0.1) is 22.8 Å². The topological polar surface area (TPSA) is 84.6 Å². The second-order valence-electron chi connectivity index (χ2n) is 4.83. The molecule has 8 heteroatoms. The van der Waals surface area contributed by atoms with Crippen molar-refractivity contribution in [2.45, 2.75) is 19.1 Å². The minimum atomic E-state index is -1.29. The van der Waals surface area contributed by atoms with Gasteiger partial charge < -0.3 is 5.11 Å². The van der Waals surface area contributed by atoms with Crippen molar-refractivity contribution in [3.63, 3.8) is 0 Å². The zero-order chi connectivity index (χ0) is 15.3. The zero-order valence-corrected chi connectivity index (χ0v) is 12.5. The van der Waals surface area contributed by atoms with Crippen LogP contribution in [0.3, 0.4) is 0 Å². The molecule has 1 aromatic rings. The molecular weight excluding hydrogens is 314 g/mol. The molecular formula is C13H10ClN3O3S. The number of fused-ring (bicyclic) bond motifs is 1. The molecule has 0 aliphatic carbocycles. The van der Waals surface area contributed by atoms with Gasteiger partial charge >= 0.3 is 0 Å². The van der Waals surface area contributed by atoms with E-state index in [0.717, 1.165) is 12.1 Å². The molecule has 2 aliphatic rings. The lowest BCUT2D eigenvalue weighted by Gasteiger charge is -2.18. The molecule has 0 bridgehead atoms. The number of rotatable bonds is 1. The summed E-state index contributed by atoms with van der Waals surface area (Å²) in [5.41, 5.74) is 1.51. The summed E-state index contributed by atoms with van der Waals surface area (Å²) < 4.78 is 2.96. The highest BCUT2D eigenvalue weighted by Crippen LogP contribution is 2.42. The molecule has 6 nitrogen and oxygen atoms in total. The van der Waals surface area contributed by atoms with Crippen LogP contribution in [0, 0.1) is 18.3 Å². The summed E-state index contributed by atoms with van der Waals surface area (Å²) in [6.45, 7) is 1.75. The second-order valence-corrected chi connectivity index (χ2v) is 6.20. The lowest BCUT2D eigenvalue weighted by molar-refractivity contribution is -0.128. The van der Waals surface area contributed by atoms with E-state index in [2.05, 4.69) is 0 Å². The molecule has 0 aromatic heterocycles. The van der Waals surface area contributed by atoms with E-state index < -0.39 is 12.1 Å². The number of nitriles is 1. The lowest BCUT2D eigenvalue weighted by atomic mass is 10.1. The van der Waals surface area contributed by atoms with Crippen LogP contribution in [-0.2, 0) is 9.59 Å². The predicted molar refractivity (Wildman–Crippen MR) is 77.5 cm³/mol. The van der Waals surface area contributed by atoms with Crippen LogP contribution < -0.4 is 4.31 Å². The van der Waals surface area contributed by atoms with Crippen LogP contribution in [0.15, 0.2) is 12.1 Å². The first-order chi connectivity index (χ1) is 9.95. The largest absolute Gasteiger partial charge is 0.383 e. The Kier molecular flexibility index (Phi) is 3.42. The fraction of sp³-hybridized carbons (Fsp3) is 0.308. The van der Waals surface area contributed by atoms with Gasteiger partial charge in [0.1, 0.15) is 18.2 Å². The summed E-state index contributed by atoms with van der Waals surface area (Å²) in [7, 11) is 0. The van der Waals surface area contributed by atoms with Gasteiger partial charge in [-0.3, -0.25) is 9.59 Å². The molecule has 0 radical (unpaired) electrons. The molecule has 21 heavy (non-hydrogen) atoms. The first-order valence-corrected chi connectivity index (χ1v) is 7.25. The summed E-state index contributed by atoms with van der Waals surface area (Å²) in [6.07, 6.45) is -1.29. The first kappa shape index (κ1) is 14.4. The minimum absolute atomic E-state index is 0.0296. The first-order valence-electron chi connectivity index (χ1n) is 6.14. The smallest absolute Gasteiger partial charge is 0.259 e. The highest BCUT2D eigenvalue weighted by molar-refractivity contribution is 7.99. The number of anilines is 1. The summed E-state index contributed by atoms with van der Waals surface area (Å²) >= 11 is 7.19. The molecule has 2 aliphatic heterocycles. The van der Waals surface area contributed by atoms with Crippen LogP contribution in [0.25, 0.3) is 0 Å². The van der Waals surface area contributed by atoms with E-state index in [4.69, 9.17) is 16.9 Å². The van der Waals surface area contributed by atoms with E-state index in [0.29, 0.717) is 21.8 Å². The van der Waals surface area contributed by atoms with E-state index in [1.807, 2.05) is 6.07 Å². The van der Waals surface area contributed by atoms with Crippen molar-refractivity contribution in [2.24, 2.45) is 0 Å². The van der Waals surface area contributed by atoms with E-state index in [1.165, 1.54) is 4.31 Å². The summed E-state index contributed by atoms with van der Waals surface area (Å²) in [4.78, 5) is 23.9. The molecule has 1 N–H and O–H groups in total. The Morgan fingerprint density at radius 3 is 2.81 bits per heavy atom. The summed E-state index contributed by atoms with van der Waals surface area (Å²) in [6, 6.07) is 4.32. The van der Waals surface area contributed by atoms with E-state index in [9.17, 15) is 14.7 Å². The number of hydrogen-bond acceptors (Lipinski definition) is 6. The lowest BCUT2D eigenvalue weighted by Crippen LogP contribution is -2.38. The van der Waals surface area contributed by atoms with Gasteiger partial charge in [-0.1, -0.05) is 11.6 Å². The van der Waals surface area contributed by atoms with Crippen molar-refractivity contribution in [1.82, 2.24) is 4.31 Å². The number of aliphatic hydroxyl groups is 1. The van der Waals surface area contributed by atoms with Gasteiger partial charge in [0.15, 0.2) is 5.78 Å². The maximum atomic E-state index is 12.4. The fourth-order valence-corrected chi connectivity index (χ4v) is 3.80. The van der Waals surface area contributed by atoms with Gasteiger partial charge in [0.25, 0.3) is 5.91 Å². The quantitative estimate of drug-likeness (QED) is 0.777. The van der Waals surface area contributed by atoms with Crippen molar-refractivity contribution in [3.8, 4) is 6.07 Å². The molecule has 3 rings (SSSR count). The molecule has 2 atom stereocenters. The van der Waals surface area contributed by atoms with E-state index >= 15 is 0 Å². The predicted octanol–water partition coefficient (Wildman–Crippen LogP) is 1.04. The van der Waals surface area contributed by atoms with Crippen LogP contribution in [0.5, 0.6) is 0 Å². The number of carbonyl (C=O) groups excluding carboxylic acids is 2. The molecule has 2 heterocycles. The normalized spacial score (nSPS) is 25.3. The zero-order valence-electron chi connectivity index (χ0n) is 10.9. The van der Waals surface area contributed by atoms with Crippen LogP contribution >= 0.6 is 23.7 Å². The Morgan fingerprint density at radius 1 is 1.48 bits per heavy atom. The van der Waals surface area contributed by atoms with E-state index in [1.54, 1.807) is 23.4 Å². The second kappa shape index (κ2) is 5.00. The van der Waals surface area contributed by atoms with E-state index in [-0.39, 0.29) is 18.2 Å². The molecule has 108 valence electrons. The molecule has 2 fully saturated rings. The minimum Gasteiger partial charge on any atom is -0.383 e. The maximum absolute atomic E-state index is 12.4. The average molecular weight is 324 g/mol. The highest BCUT2D eigenvalue weighted by Gasteiger charge is 2.53. The number of Topliss-reactive ketones (excluding diaryl/α,β-unsaturated/α-hetero) is 1. The summed E-state index contributed by atoms with van der Waals surface area (Å²) in [5.74, 6) is -0.711. The van der Waals surface area contributed by atoms with Gasteiger partial charge in [0.2, 0.25) is 0 Å². The van der Waals surface area contributed by atoms with Crippen molar-refractivity contribution in [1.29, 1.82) is 5.26 Å². The monoisotopic (exact) mass is 323 g/mol. The fourth-order valence-electron chi connectivity index (χ4n) is 2.43. The third kappa shape index (κ3) is 2.03. The standard InChI is InChI=1S/C13H10ClN3O3S/c1-6-8(3-2-7(4-15)10(6)14)17-13(20)11-12(19)9(18)5-16(11)21-17/h2-3,11-12,19H,5H2,1H3/t11-,12-/m1/s1. The average Bonchev–Trinajstić information content (AvgIpc) is 2.91. The van der Waals surface area contributed by atoms with Gasteiger partial charge in [-0.15, -0.1) is 0 Å². The van der Waals surface area contributed by atoms with Gasteiger partial charge in [0, 0.05) is 12.1 Å². The maximum Gasteiger partial charge on any atom is 0.259 e. The Balaban J connectivity index is 1.98. The number of carbonyl (C=O) groups is 2. The molecule has 2 saturated heterocycles. The molecule has 0 unspecified atom stereocenters. The van der Waals surface area contributed by atoms with Crippen molar-refractivity contribution in [3.05, 3.63) is 28.3 Å². The van der Waals surface area contributed by atoms with Gasteiger partial charge in [-0.05, 0) is 24.6 Å². The Hall–Kier alpha value is -1.59. The van der Waals surface area contributed by atoms with Crippen LogP contribution in [0.2, 0.25) is 5.02 Å². The molecule has 0 saturated carbocycles. The number of aliphatic hydroxyl groups excluding tert-OH is 1. The number of benzene rings is 1. The molecule has 1 aromatic carbocycles. The SMILES string of the molecule is Cc1c(N2SN3CC(=O)[C@@H](O)[C@@H]3C2=O)ccc(C#N)c1Cl. The number of halogens is 1. The van der Waals surface area contributed by atoms with Crippen molar-refractivity contribution >= 4 is 41.1 Å². The highest BCUT2D eigenvalue weighted by atomic mass is 35.5. The Bertz CT molecular complexity index is 703. The third-order valence-electron chi connectivity index (χ3n) is 3.59. The van der Waals surface area contributed by atoms with Crippen molar-refractivity contribution < 1.29 is 14.7 Å². The van der Waals surface area contributed by atoms with Gasteiger partial charge in [-0.25, -0.2) is 8.61 Å².